The van der Waals surface area contributed by atoms with E-state index in [1.807, 2.05) is 42.5 Å². The first-order valence-corrected chi connectivity index (χ1v) is 7.24. The van der Waals surface area contributed by atoms with Crippen LogP contribution in [0.3, 0.4) is 0 Å². The lowest BCUT2D eigenvalue weighted by molar-refractivity contribution is -0.121. The fraction of sp³-hybridized carbons (Fsp3) is 0.0526. The topological polar surface area (TPSA) is 52.9 Å². The molecule has 0 saturated carbocycles. The van der Waals surface area contributed by atoms with Crippen LogP contribution in [0, 0.1) is 0 Å². The molecule has 114 valence electrons. The zero-order valence-corrected chi connectivity index (χ0v) is 12.7. The molecular formula is C19H16N2O2. The first-order valence-electron chi connectivity index (χ1n) is 7.24. The van der Waals surface area contributed by atoms with Gasteiger partial charge in [0.1, 0.15) is 17.3 Å². The number of benzene rings is 2. The van der Waals surface area contributed by atoms with E-state index in [0.29, 0.717) is 11.5 Å². The molecule has 4 nitrogen and oxygen atoms in total. The van der Waals surface area contributed by atoms with Crippen LogP contribution in [0.2, 0.25) is 0 Å². The van der Waals surface area contributed by atoms with E-state index in [0.717, 1.165) is 11.1 Å². The molecule has 1 amide bonds. The lowest BCUT2D eigenvalue weighted by Gasteiger charge is -2.07. The maximum absolute atomic E-state index is 12.3. The molecule has 0 atom stereocenters. The molecule has 4 heteroatoms. The Labute approximate surface area is 134 Å². The number of phenols is 1. The van der Waals surface area contributed by atoms with Gasteiger partial charge in [-0.15, -0.1) is 0 Å². The summed E-state index contributed by atoms with van der Waals surface area (Å²) in [5, 5.41) is 9.30. The molecule has 3 rings (SSSR count). The van der Waals surface area contributed by atoms with Gasteiger partial charge >= 0.3 is 0 Å². The summed E-state index contributed by atoms with van der Waals surface area (Å²) < 4.78 is 0. The highest BCUT2D eigenvalue weighted by Gasteiger charge is 2.24. The molecule has 1 N–H and O–H groups in total. The number of aromatic hydroxyl groups is 1. The van der Waals surface area contributed by atoms with Gasteiger partial charge in [-0.25, -0.2) is 4.99 Å². The van der Waals surface area contributed by atoms with Gasteiger partial charge in [0.2, 0.25) is 0 Å². The van der Waals surface area contributed by atoms with E-state index < -0.39 is 0 Å². The van der Waals surface area contributed by atoms with Gasteiger partial charge in [-0.1, -0.05) is 48.5 Å². The normalized spacial score (nSPS) is 16.4. The molecular weight excluding hydrogens is 288 g/mol. The standard InChI is InChI=1S/C19H16N2O2/c1-21-18(12-9-14-5-3-2-4-6-14)20-17(19(21)23)13-15-7-10-16(22)11-8-15/h2-13,22H,1H3/b12-9+,17-13+. The second-order valence-electron chi connectivity index (χ2n) is 5.20. The monoisotopic (exact) mass is 304 g/mol. The number of nitrogens with zero attached hydrogens (tertiary/aromatic N) is 2. The summed E-state index contributed by atoms with van der Waals surface area (Å²) in [5.74, 6) is 0.645. The van der Waals surface area contributed by atoms with Gasteiger partial charge in [-0.3, -0.25) is 9.69 Å². The van der Waals surface area contributed by atoms with E-state index in [1.54, 1.807) is 37.4 Å². The van der Waals surface area contributed by atoms with E-state index in [2.05, 4.69) is 4.99 Å². The molecule has 0 fully saturated rings. The average molecular weight is 304 g/mol. The highest BCUT2D eigenvalue weighted by Crippen LogP contribution is 2.19. The quantitative estimate of drug-likeness (QED) is 0.884. The fourth-order valence-electron chi connectivity index (χ4n) is 2.23. The van der Waals surface area contributed by atoms with Crippen LogP contribution in [0.1, 0.15) is 11.1 Å². The Kier molecular flexibility index (Phi) is 4.06. The fourth-order valence-corrected chi connectivity index (χ4v) is 2.23. The van der Waals surface area contributed by atoms with Crippen LogP contribution in [0.25, 0.3) is 12.2 Å². The second kappa shape index (κ2) is 6.32. The van der Waals surface area contributed by atoms with Crippen molar-refractivity contribution in [2.24, 2.45) is 4.99 Å². The molecule has 0 aromatic heterocycles. The van der Waals surface area contributed by atoms with Gasteiger partial charge < -0.3 is 5.11 Å². The van der Waals surface area contributed by atoms with Gasteiger partial charge in [0.05, 0.1) is 0 Å². The number of likely N-dealkylation sites (N-methyl/N-ethyl adjacent to an activating group) is 1. The Balaban J connectivity index is 1.85. The molecule has 0 bridgehead atoms. The maximum Gasteiger partial charge on any atom is 0.277 e. The minimum absolute atomic E-state index is 0.147. The van der Waals surface area contributed by atoms with Crippen LogP contribution in [-0.2, 0) is 4.79 Å². The summed E-state index contributed by atoms with van der Waals surface area (Å²) in [5.41, 5.74) is 2.24. The van der Waals surface area contributed by atoms with Gasteiger partial charge in [0.25, 0.3) is 5.91 Å². The first kappa shape index (κ1) is 14.8. The van der Waals surface area contributed by atoms with Gasteiger partial charge in [0.15, 0.2) is 0 Å². The molecule has 1 aliphatic rings. The molecule has 0 radical (unpaired) electrons. The smallest absolute Gasteiger partial charge is 0.277 e. The molecule has 0 spiro atoms. The van der Waals surface area contributed by atoms with Crippen molar-refractivity contribution in [1.29, 1.82) is 0 Å². The van der Waals surface area contributed by atoms with Crippen LogP contribution < -0.4 is 0 Å². The predicted octanol–water partition coefficient (Wildman–Crippen LogP) is 3.32. The Morgan fingerprint density at radius 2 is 1.65 bits per heavy atom. The van der Waals surface area contributed by atoms with E-state index in [-0.39, 0.29) is 11.7 Å². The Morgan fingerprint density at radius 1 is 0.957 bits per heavy atom. The van der Waals surface area contributed by atoms with Crippen LogP contribution in [0.5, 0.6) is 5.75 Å². The maximum atomic E-state index is 12.3. The molecule has 0 saturated heterocycles. The van der Waals surface area contributed by atoms with E-state index in [4.69, 9.17) is 0 Å². The third kappa shape index (κ3) is 3.37. The molecule has 23 heavy (non-hydrogen) atoms. The number of phenolic OH excluding ortho intramolecular Hbond substituents is 1. The second-order valence-corrected chi connectivity index (χ2v) is 5.20. The van der Waals surface area contributed by atoms with Crippen molar-refractivity contribution < 1.29 is 9.90 Å². The van der Waals surface area contributed by atoms with Crippen molar-refractivity contribution in [3.8, 4) is 5.75 Å². The largest absolute Gasteiger partial charge is 0.508 e. The van der Waals surface area contributed by atoms with Crippen LogP contribution in [0.4, 0.5) is 0 Å². The van der Waals surface area contributed by atoms with Crippen LogP contribution in [0.15, 0.2) is 71.4 Å². The third-order valence-electron chi connectivity index (χ3n) is 3.52. The lowest BCUT2D eigenvalue weighted by Crippen LogP contribution is -2.26. The van der Waals surface area contributed by atoms with Crippen LogP contribution in [-0.4, -0.2) is 28.8 Å². The SMILES string of the molecule is CN1C(=O)/C(=C\c2ccc(O)cc2)N=C1/C=C/c1ccccc1. The highest BCUT2D eigenvalue weighted by atomic mass is 16.3. The molecule has 0 aliphatic carbocycles. The minimum atomic E-state index is -0.147. The number of rotatable bonds is 3. The average Bonchev–Trinajstić information content (AvgIpc) is 2.84. The van der Waals surface area contributed by atoms with Crippen molar-refractivity contribution in [2.75, 3.05) is 7.05 Å². The first-order chi connectivity index (χ1) is 11.1. The van der Waals surface area contributed by atoms with Crippen molar-refractivity contribution in [1.82, 2.24) is 4.90 Å². The zero-order chi connectivity index (χ0) is 16.2. The summed E-state index contributed by atoms with van der Waals surface area (Å²) in [7, 11) is 1.70. The van der Waals surface area contributed by atoms with Crippen LogP contribution >= 0.6 is 0 Å². The Bertz CT molecular complexity index is 803. The minimum Gasteiger partial charge on any atom is -0.508 e. The van der Waals surface area contributed by atoms with Gasteiger partial charge in [-0.2, -0.15) is 0 Å². The van der Waals surface area contributed by atoms with Gasteiger partial charge in [0, 0.05) is 7.05 Å². The number of amides is 1. The number of hydrogen-bond donors (Lipinski definition) is 1. The van der Waals surface area contributed by atoms with E-state index >= 15 is 0 Å². The molecule has 1 heterocycles. The number of amidine groups is 1. The summed E-state index contributed by atoms with van der Waals surface area (Å²) in [4.78, 5) is 18.2. The summed E-state index contributed by atoms with van der Waals surface area (Å²) in [6, 6.07) is 16.5. The number of carbonyl (C=O) groups is 1. The summed E-state index contributed by atoms with van der Waals surface area (Å²) in [6.45, 7) is 0. The van der Waals surface area contributed by atoms with E-state index in [9.17, 15) is 9.90 Å². The lowest BCUT2D eigenvalue weighted by atomic mass is 10.2. The number of carbonyl (C=O) groups excluding carboxylic acids is 1. The van der Waals surface area contributed by atoms with Crippen molar-refractivity contribution in [2.45, 2.75) is 0 Å². The Morgan fingerprint density at radius 3 is 2.35 bits per heavy atom. The highest BCUT2D eigenvalue weighted by molar-refractivity contribution is 6.18. The third-order valence-corrected chi connectivity index (χ3v) is 3.52. The molecule has 1 aliphatic heterocycles. The zero-order valence-electron chi connectivity index (χ0n) is 12.7. The van der Waals surface area contributed by atoms with Crippen molar-refractivity contribution >= 4 is 23.9 Å². The summed E-state index contributed by atoms with van der Waals surface area (Å²) in [6.07, 6.45) is 5.46. The molecule has 0 unspecified atom stereocenters. The molecule has 2 aromatic rings. The van der Waals surface area contributed by atoms with Gasteiger partial charge in [-0.05, 0) is 35.4 Å². The summed E-state index contributed by atoms with van der Waals surface area (Å²) >= 11 is 0. The van der Waals surface area contributed by atoms with E-state index in [1.165, 1.54) is 4.90 Å². The predicted molar refractivity (Wildman–Crippen MR) is 91.8 cm³/mol. The van der Waals surface area contributed by atoms with Crippen molar-refractivity contribution in [3.05, 3.63) is 77.5 Å². The number of hydrogen-bond acceptors (Lipinski definition) is 3. The Hall–Kier alpha value is -3.14. The molecule has 2 aromatic carbocycles. The number of aliphatic imine (C=N–C) groups is 1. The van der Waals surface area contributed by atoms with Crippen molar-refractivity contribution in [3.63, 3.8) is 0 Å².